The van der Waals surface area contributed by atoms with Crippen molar-refractivity contribution in [1.29, 1.82) is 0 Å². The lowest BCUT2D eigenvalue weighted by atomic mass is 10.3. The molecule has 1 atom stereocenters. The van der Waals surface area contributed by atoms with Crippen LogP contribution >= 0.6 is 11.3 Å². The van der Waals surface area contributed by atoms with Crippen LogP contribution in [0.3, 0.4) is 0 Å². The number of methoxy groups -OCH3 is 1. The molecule has 0 aliphatic carbocycles. The van der Waals surface area contributed by atoms with Gasteiger partial charge < -0.3 is 9.84 Å². The van der Waals surface area contributed by atoms with Gasteiger partial charge in [-0.15, -0.1) is 21.5 Å². The standard InChI is InChI=1S/C6H10N2O2S/c1-10-3-5(9)2-6-8-7-4-11-6/h4-5,9H,2-3H2,1H3. The van der Waals surface area contributed by atoms with Gasteiger partial charge in [-0.05, 0) is 0 Å². The molecule has 0 amide bonds. The van der Waals surface area contributed by atoms with E-state index in [2.05, 4.69) is 10.2 Å². The van der Waals surface area contributed by atoms with Crippen LogP contribution in [0.1, 0.15) is 5.01 Å². The van der Waals surface area contributed by atoms with Crippen molar-refractivity contribution in [2.45, 2.75) is 12.5 Å². The Labute approximate surface area is 68.8 Å². The molecule has 0 fully saturated rings. The maximum atomic E-state index is 9.23. The molecule has 0 saturated carbocycles. The summed E-state index contributed by atoms with van der Waals surface area (Å²) < 4.78 is 4.76. The molecule has 0 aliphatic rings. The molecular formula is C6H10N2O2S. The van der Waals surface area contributed by atoms with E-state index in [-0.39, 0.29) is 0 Å². The summed E-state index contributed by atoms with van der Waals surface area (Å²) in [6.45, 7) is 0.347. The molecular weight excluding hydrogens is 164 g/mol. The summed E-state index contributed by atoms with van der Waals surface area (Å²) in [5, 5.41) is 17.5. The topological polar surface area (TPSA) is 55.2 Å². The molecule has 0 aliphatic heterocycles. The lowest BCUT2D eigenvalue weighted by Crippen LogP contribution is -2.16. The number of aliphatic hydroxyl groups is 1. The zero-order valence-electron chi connectivity index (χ0n) is 6.23. The molecule has 62 valence electrons. The summed E-state index contributed by atoms with van der Waals surface area (Å²) in [4.78, 5) is 0. The average molecular weight is 174 g/mol. The molecule has 5 heteroatoms. The summed E-state index contributed by atoms with van der Waals surface area (Å²) in [6.07, 6.45) is 0.0614. The smallest absolute Gasteiger partial charge is 0.119 e. The summed E-state index contributed by atoms with van der Waals surface area (Å²) in [5.74, 6) is 0. The van der Waals surface area contributed by atoms with E-state index in [1.165, 1.54) is 11.3 Å². The highest BCUT2D eigenvalue weighted by molar-refractivity contribution is 7.09. The van der Waals surface area contributed by atoms with Crippen LogP contribution in [0.4, 0.5) is 0 Å². The zero-order valence-corrected chi connectivity index (χ0v) is 7.04. The van der Waals surface area contributed by atoms with Crippen LogP contribution in [0.2, 0.25) is 0 Å². The van der Waals surface area contributed by atoms with Crippen molar-refractivity contribution in [3.8, 4) is 0 Å². The first-order chi connectivity index (χ1) is 5.33. The second-order valence-corrected chi connectivity index (χ2v) is 3.06. The number of ether oxygens (including phenoxy) is 1. The first kappa shape index (κ1) is 8.58. The van der Waals surface area contributed by atoms with Gasteiger partial charge in [0.25, 0.3) is 0 Å². The minimum Gasteiger partial charge on any atom is -0.390 e. The van der Waals surface area contributed by atoms with Gasteiger partial charge in [-0.25, -0.2) is 0 Å². The highest BCUT2D eigenvalue weighted by atomic mass is 32.1. The van der Waals surface area contributed by atoms with E-state index in [0.717, 1.165) is 5.01 Å². The zero-order chi connectivity index (χ0) is 8.10. The van der Waals surface area contributed by atoms with Gasteiger partial charge in [0.1, 0.15) is 10.5 Å². The van der Waals surface area contributed by atoms with Gasteiger partial charge in [-0.3, -0.25) is 0 Å². The van der Waals surface area contributed by atoms with Gasteiger partial charge >= 0.3 is 0 Å². The molecule has 1 aromatic heterocycles. The van der Waals surface area contributed by atoms with Crippen LogP contribution < -0.4 is 0 Å². The molecule has 1 aromatic rings. The highest BCUT2D eigenvalue weighted by Gasteiger charge is 2.06. The number of nitrogens with zero attached hydrogens (tertiary/aromatic N) is 2. The molecule has 0 spiro atoms. The fourth-order valence-electron chi connectivity index (χ4n) is 0.738. The van der Waals surface area contributed by atoms with Crippen molar-refractivity contribution in [2.75, 3.05) is 13.7 Å². The first-order valence-electron chi connectivity index (χ1n) is 3.25. The van der Waals surface area contributed by atoms with E-state index >= 15 is 0 Å². The number of aliphatic hydroxyl groups excluding tert-OH is 1. The van der Waals surface area contributed by atoms with Gasteiger partial charge in [0.2, 0.25) is 0 Å². The SMILES string of the molecule is COCC(O)Cc1nncs1. The Bertz CT molecular complexity index is 190. The molecule has 0 aromatic carbocycles. The first-order valence-corrected chi connectivity index (χ1v) is 4.13. The predicted molar refractivity (Wildman–Crippen MR) is 41.5 cm³/mol. The van der Waals surface area contributed by atoms with Crippen LogP contribution in [0.15, 0.2) is 5.51 Å². The fourth-order valence-corrected chi connectivity index (χ4v) is 1.34. The van der Waals surface area contributed by atoms with Crippen molar-refractivity contribution < 1.29 is 9.84 Å². The van der Waals surface area contributed by atoms with E-state index in [0.29, 0.717) is 13.0 Å². The molecule has 1 heterocycles. The van der Waals surface area contributed by atoms with Crippen molar-refractivity contribution in [1.82, 2.24) is 10.2 Å². The molecule has 1 N–H and O–H groups in total. The molecule has 0 saturated heterocycles. The van der Waals surface area contributed by atoms with E-state index < -0.39 is 6.10 Å². The van der Waals surface area contributed by atoms with E-state index in [9.17, 15) is 5.11 Å². The van der Waals surface area contributed by atoms with Gasteiger partial charge in [-0.2, -0.15) is 0 Å². The molecule has 1 unspecified atom stereocenters. The van der Waals surface area contributed by atoms with Crippen molar-refractivity contribution in [2.24, 2.45) is 0 Å². The van der Waals surface area contributed by atoms with E-state index in [4.69, 9.17) is 4.74 Å². The molecule has 11 heavy (non-hydrogen) atoms. The Morgan fingerprint density at radius 1 is 1.82 bits per heavy atom. The summed E-state index contributed by atoms with van der Waals surface area (Å²) in [6, 6.07) is 0. The lowest BCUT2D eigenvalue weighted by Gasteiger charge is -2.05. The van der Waals surface area contributed by atoms with Gasteiger partial charge in [-0.1, -0.05) is 0 Å². The Balaban J connectivity index is 2.31. The maximum Gasteiger partial charge on any atom is 0.119 e. The van der Waals surface area contributed by atoms with Crippen LogP contribution in [-0.4, -0.2) is 35.1 Å². The fraction of sp³-hybridized carbons (Fsp3) is 0.667. The summed E-state index contributed by atoms with van der Waals surface area (Å²) in [7, 11) is 1.56. The third-order valence-corrected chi connectivity index (χ3v) is 1.89. The van der Waals surface area contributed by atoms with Crippen LogP contribution in [-0.2, 0) is 11.2 Å². The van der Waals surface area contributed by atoms with E-state index in [1.807, 2.05) is 0 Å². The largest absolute Gasteiger partial charge is 0.390 e. The third-order valence-electron chi connectivity index (χ3n) is 1.17. The van der Waals surface area contributed by atoms with Gasteiger partial charge in [0.15, 0.2) is 0 Å². The molecule has 4 nitrogen and oxygen atoms in total. The Morgan fingerprint density at radius 2 is 2.64 bits per heavy atom. The molecule has 1 rings (SSSR count). The van der Waals surface area contributed by atoms with Crippen LogP contribution in [0, 0.1) is 0 Å². The van der Waals surface area contributed by atoms with Crippen LogP contribution in [0.25, 0.3) is 0 Å². The Kier molecular flexibility index (Phi) is 3.41. The number of hydrogen-bond donors (Lipinski definition) is 1. The van der Waals surface area contributed by atoms with Gasteiger partial charge in [0, 0.05) is 13.5 Å². The van der Waals surface area contributed by atoms with Crippen molar-refractivity contribution >= 4 is 11.3 Å². The minimum absolute atomic E-state index is 0.347. The normalized spacial score (nSPS) is 13.3. The molecule has 0 bridgehead atoms. The second-order valence-electron chi connectivity index (χ2n) is 2.15. The average Bonchev–Trinajstić information content (AvgIpc) is 2.40. The monoisotopic (exact) mass is 174 g/mol. The maximum absolute atomic E-state index is 9.23. The summed E-state index contributed by atoms with van der Waals surface area (Å²) >= 11 is 1.44. The number of rotatable bonds is 4. The van der Waals surface area contributed by atoms with E-state index in [1.54, 1.807) is 12.6 Å². The summed E-state index contributed by atoms with van der Waals surface area (Å²) in [5.41, 5.74) is 1.65. The Hall–Kier alpha value is -0.520. The quantitative estimate of drug-likeness (QED) is 0.702. The number of aromatic nitrogens is 2. The Morgan fingerprint density at radius 3 is 3.18 bits per heavy atom. The highest BCUT2D eigenvalue weighted by Crippen LogP contribution is 2.04. The second kappa shape index (κ2) is 4.38. The third kappa shape index (κ3) is 2.92. The minimum atomic E-state index is -0.465. The predicted octanol–water partition coefficient (Wildman–Crippen LogP) is 0.0879. The lowest BCUT2D eigenvalue weighted by molar-refractivity contribution is 0.0649. The van der Waals surface area contributed by atoms with Crippen molar-refractivity contribution in [3.05, 3.63) is 10.5 Å². The number of hydrogen-bond acceptors (Lipinski definition) is 5. The molecule has 0 radical (unpaired) electrons. The van der Waals surface area contributed by atoms with Gasteiger partial charge in [0.05, 0.1) is 12.7 Å². The van der Waals surface area contributed by atoms with Crippen LogP contribution in [0.5, 0.6) is 0 Å². The van der Waals surface area contributed by atoms with Crippen molar-refractivity contribution in [3.63, 3.8) is 0 Å².